The van der Waals surface area contributed by atoms with Crippen LogP contribution in [0.25, 0.3) is 0 Å². The van der Waals surface area contributed by atoms with Gasteiger partial charge >= 0.3 is 0 Å². The zero-order valence-electron chi connectivity index (χ0n) is 12.6. The predicted molar refractivity (Wildman–Crippen MR) is 82.2 cm³/mol. The van der Waals surface area contributed by atoms with Gasteiger partial charge in [-0.25, -0.2) is 15.0 Å². The summed E-state index contributed by atoms with van der Waals surface area (Å²) in [6.07, 6.45) is 11.0. The second-order valence-corrected chi connectivity index (χ2v) is 5.51. The lowest BCUT2D eigenvalue weighted by Gasteiger charge is -2.35. The smallest absolute Gasteiger partial charge is 0.243 e. The summed E-state index contributed by atoms with van der Waals surface area (Å²) in [6.45, 7) is 3.72. The molecule has 1 aliphatic heterocycles. The maximum Gasteiger partial charge on any atom is 0.243 e. The Balaban J connectivity index is 1.53. The molecule has 0 spiro atoms. The molecule has 0 bridgehead atoms. The average molecular weight is 300 g/mol. The van der Waals surface area contributed by atoms with Crippen molar-refractivity contribution in [2.75, 3.05) is 18.4 Å². The van der Waals surface area contributed by atoms with Crippen LogP contribution in [0.3, 0.4) is 0 Å². The third-order valence-corrected chi connectivity index (χ3v) is 4.17. The zero-order chi connectivity index (χ0) is 15.4. The van der Waals surface area contributed by atoms with E-state index in [1.807, 2.05) is 25.6 Å². The van der Waals surface area contributed by atoms with Gasteiger partial charge in [0.2, 0.25) is 11.9 Å². The van der Waals surface area contributed by atoms with Crippen molar-refractivity contribution in [3.05, 3.63) is 37.2 Å². The Hall–Kier alpha value is -2.28. The molecule has 3 heterocycles. The average Bonchev–Trinajstić information content (AvgIpc) is 3.10. The van der Waals surface area contributed by atoms with Gasteiger partial charge in [-0.1, -0.05) is 0 Å². The largest absolute Gasteiger partial charge is 0.334 e. The van der Waals surface area contributed by atoms with Crippen molar-refractivity contribution in [3.63, 3.8) is 0 Å². The first-order chi connectivity index (χ1) is 10.7. The molecule has 2 aromatic heterocycles. The van der Waals surface area contributed by atoms with Gasteiger partial charge in [0.05, 0.1) is 12.4 Å². The Bertz CT molecular complexity index is 592. The van der Waals surface area contributed by atoms with Crippen LogP contribution >= 0.6 is 0 Å². The van der Waals surface area contributed by atoms with Crippen LogP contribution in [-0.2, 0) is 4.79 Å². The molecule has 1 aliphatic rings. The van der Waals surface area contributed by atoms with Gasteiger partial charge in [0.15, 0.2) is 0 Å². The first-order valence-corrected chi connectivity index (χ1v) is 7.53. The summed E-state index contributed by atoms with van der Waals surface area (Å²) in [6, 6.07) is 2.01. The van der Waals surface area contributed by atoms with Gasteiger partial charge in [-0.15, -0.1) is 0 Å². The summed E-state index contributed by atoms with van der Waals surface area (Å²) in [5.74, 6) is 0.292. The van der Waals surface area contributed by atoms with Crippen molar-refractivity contribution in [2.45, 2.75) is 31.8 Å². The Morgan fingerprint density at radius 2 is 2.00 bits per heavy atom. The minimum absolute atomic E-state index is 0.0627. The second-order valence-electron chi connectivity index (χ2n) is 5.51. The number of carbonyl (C=O) groups is 1. The van der Waals surface area contributed by atoms with Crippen LogP contribution in [0.2, 0.25) is 0 Å². The molecule has 1 amide bonds. The fraction of sp³-hybridized carbons (Fsp3) is 0.467. The highest BCUT2D eigenvalue weighted by molar-refractivity contribution is 5.93. The standard InChI is InChI=1S/C15H20N6O/c1-12(14(22)19-15-17-5-2-6-18-15)20-8-3-13(4-9-20)21-10-7-16-11-21/h2,5-7,10-13H,3-4,8-9H2,1H3,(H,17,18,19,22)/t12-/m1/s1. The molecule has 22 heavy (non-hydrogen) atoms. The number of hydrogen-bond donors (Lipinski definition) is 1. The molecule has 0 saturated carbocycles. The zero-order valence-corrected chi connectivity index (χ0v) is 12.6. The molecule has 1 atom stereocenters. The number of likely N-dealkylation sites (tertiary alicyclic amines) is 1. The number of aromatic nitrogens is 4. The van der Waals surface area contributed by atoms with Gasteiger partial charge in [-0.05, 0) is 25.8 Å². The molecule has 1 fully saturated rings. The molecule has 1 N–H and O–H groups in total. The fourth-order valence-corrected chi connectivity index (χ4v) is 2.80. The lowest BCUT2D eigenvalue weighted by atomic mass is 10.0. The van der Waals surface area contributed by atoms with E-state index >= 15 is 0 Å². The van der Waals surface area contributed by atoms with Crippen LogP contribution < -0.4 is 5.32 Å². The van der Waals surface area contributed by atoms with Crippen LogP contribution in [0.4, 0.5) is 5.95 Å². The van der Waals surface area contributed by atoms with E-state index in [0.29, 0.717) is 12.0 Å². The van der Waals surface area contributed by atoms with E-state index in [1.54, 1.807) is 18.5 Å². The van der Waals surface area contributed by atoms with Crippen molar-refractivity contribution in [1.82, 2.24) is 24.4 Å². The normalized spacial score (nSPS) is 18.0. The summed E-state index contributed by atoms with van der Waals surface area (Å²) < 4.78 is 2.15. The van der Waals surface area contributed by atoms with E-state index in [-0.39, 0.29) is 11.9 Å². The molecule has 0 aromatic carbocycles. The molecule has 0 radical (unpaired) electrons. The van der Waals surface area contributed by atoms with Gasteiger partial charge in [-0.3, -0.25) is 15.0 Å². The summed E-state index contributed by atoms with van der Waals surface area (Å²) in [7, 11) is 0. The number of nitrogens with zero attached hydrogens (tertiary/aromatic N) is 5. The van der Waals surface area contributed by atoms with Crippen LogP contribution in [-0.4, -0.2) is 49.5 Å². The highest BCUT2D eigenvalue weighted by atomic mass is 16.2. The molecular formula is C15H20N6O. The number of hydrogen-bond acceptors (Lipinski definition) is 5. The van der Waals surface area contributed by atoms with Gasteiger partial charge in [-0.2, -0.15) is 0 Å². The maximum absolute atomic E-state index is 12.3. The maximum atomic E-state index is 12.3. The molecule has 7 heteroatoms. The van der Waals surface area contributed by atoms with E-state index in [9.17, 15) is 4.79 Å². The van der Waals surface area contributed by atoms with Gasteiger partial charge in [0.1, 0.15) is 0 Å². The van der Waals surface area contributed by atoms with E-state index in [1.165, 1.54) is 0 Å². The van der Waals surface area contributed by atoms with E-state index in [2.05, 4.69) is 29.7 Å². The van der Waals surface area contributed by atoms with Crippen molar-refractivity contribution in [1.29, 1.82) is 0 Å². The molecule has 7 nitrogen and oxygen atoms in total. The van der Waals surface area contributed by atoms with Gasteiger partial charge < -0.3 is 4.57 Å². The summed E-state index contributed by atoms with van der Waals surface area (Å²) >= 11 is 0. The minimum atomic E-state index is -0.187. The summed E-state index contributed by atoms with van der Waals surface area (Å²) in [4.78, 5) is 26.6. The van der Waals surface area contributed by atoms with Crippen LogP contribution in [0.1, 0.15) is 25.8 Å². The molecular weight excluding hydrogens is 280 g/mol. The third-order valence-electron chi connectivity index (χ3n) is 4.17. The Labute approximate surface area is 129 Å². The Morgan fingerprint density at radius 1 is 1.27 bits per heavy atom. The quantitative estimate of drug-likeness (QED) is 0.922. The monoisotopic (exact) mass is 300 g/mol. The first-order valence-electron chi connectivity index (χ1n) is 7.53. The van der Waals surface area contributed by atoms with Crippen LogP contribution in [0.15, 0.2) is 37.2 Å². The first kappa shape index (κ1) is 14.6. The lowest BCUT2D eigenvalue weighted by molar-refractivity contribution is -0.121. The van der Waals surface area contributed by atoms with Crippen molar-refractivity contribution in [3.8, 4) is 0 Å². The van der Waals surface area contributed by atoms with Gasteiger partial charge in [0, 0.05) is 43.9 Å². The lowest BCUT2D eigenvalue weighted by Crippen LogP contribution is -2.46. The fourth-order valence-electron chi connectivity index (χ4n) is 2.80. The number of piperidine rings is 1. The number of anilines is 1. The summed E-state index contributed by atoms with van der Waals surface area (Å²) in [5, 5.41) is 2.76. The number of nitrogens with one attached hydrogen (secondary N) is 1. The predicted octanol–water partition coefficient (Wildman–Crippen LogP) is 1.34. The minimum Gasteiger partial charge on any atom is -0.334 e. The van der Waals surface area contributed by atoms with Crippen molar-refractivity contribution < 1.29 is 4.79 Å². The second kappa shape index (κ2) is 6.65. The molecule has 0 unspecified atom stereocenters. The van der Waals surface area contributed by atoms with Crippen molar-refractivity contribution in [2.24, 2.45) is 0 Å². The van der Waals surface area contributed by atoms with Crippen LogP contribution in [0.5, 0.6) is 0 Å². The number of amides is 1. The molecule has 0 aliphatic carbocycles. The van der Waals surface area contributed by atoms with E-state index < -0.39 is 0 Å². The molecule has 1 saturated heterocycles. The Kier molecular flexibility index (Phi) is 4.43. The topological polar surface area (TPSA) is 75.9 Å². The SMILES string of the molecule is C[C@H](C(=O)Nc1ncccn1)N1CCC(n2ccnc2)CC1. The van der Waals surface area contributed by atoms with E-state index in [0.717, 1.165) is 25.9 Å². The highest BCUT2D eigenvalue weighted by Crippen LogP contribution is 2.23. The van der Waals surface area contributed by atoms with E-state index in [4.69, 9.17) is 0 Å². The highest BCUT2D eigenvalue weighted by Gasteiger charge is 2.27. The van der Waals surface area contributed by atoms with Crippen LogP contribution in [0, 0.1) is 0 Å². The molecule has 116 valence electrons. The number of carbonyl (C=O) groups excluding carboxylic acids is 1. The summed E-state index contributed by atoms with van der Waals surface area (Å²) in [5.41, 5.74) is 0. The van der Waals surface area contributed by atoms with Crippen molar-refractivity contribution >= 4 is 11.9 Å². The number of imidazole rings is 1. The molecule has 3 rings (SSSR count). The Morgan fingerprint density at radius 3 is 2.64 bits per heavy atom. The van der Waals surface area contributed by atoms with Gasteiger partial charge in [0.25, 0.3) is 0 Å². The third kappa shape index (κ3) is 3.30. The number of rotatable bonds is 4. The molecule has 2 aromatic rings.